The van der Waals surface area contributed by atoms with Crippen molar-refractivity contribution in [3.63, 3.8) is 0 Å². The molecule has 5 heteroatoms. The van der Waals surface area contributed by atoms with Crippen LogP contribution in [0.25, 0.3) is 0 Å². The third-order valence-corrected chi connectivity index (χ3v) is 2.62. The normalized spacial score (nSPS) is 13.1. The van der Waals surface area contributed by atoms with E-state index >= 15 is 0 Å². The molecule has 1 rings (SSSR count). The molecule has 0 amide bonds. The van der Waals surface area contributed by atoms with Gasteiger partial charge in [-0.3, -0.25) is 4.90 Å². The van der Waals surface area contributed by atoms with Crippen LogP contribution in [-0.4, -0.2) is 56.1 Å². The highest BCUT2D eigenvalue weighted by Gasteiger charge is 2.12. The van der Waals surface area contributed by atoms with Gasteiger partial charge < -0.3 is 19.0 Å². The lowest BCUT2D eigenvalue weighted by molar-refractivity contribution is -0.00158. The van der Waals surface area contributed by atoms with Crippen molar-refractivity contribution in [2.45, 2.75) is 19.6 Å². The first kappa shape index (κ1) is 15.2. The Morgan fingerprint density at radius 3 is 2.89 bits per heavy atom. The van der Waals surface area contributed by atoms with E-state index in [1.807, 2.05) is 12.1 Å². The van der Waals surface area contributed by atoms with Crippen LogP contribution in [0.3, 0.4) is 0 Å². The van der Waals surface area contributed by atoms with Crippen molar-refractivity contribution in [3.05, 3.63) is 24.2 Å². The molecule has 1 unspecified atom stereocenters. The fourth-order valence-corrected chi connectivity index (χ4v) is 1.64. The standard InChI is InChI=1S/C13H23NO4/c1-3-14(10-13-5-4-6-18-13)9-12(15)11-17-8-7-16-2/h4-6,12,15H,3,7-11H2,1-2H3. The van der Waals surface area contributed by atoms with Gasteiger partial charge >= 0.3 is 0 Å². The van der Waals surface area contributed by atoms with Gasteiger partial charge in [0.2, 0.25) is 0 Å². The number of furan rings is 1. The molecule has 0 aromatic carbocycles. The van der Waals surface area contributed by atoms with Gasteiger partial charge in [-0.05, 0) is 18.7 Å². The number of likely N-dealkylation sites (N-methyl/N-ethyl adjacent to an activating group) is 1. The van der Waals surface area contributed by atoms with Crippen molar-refractivity contribution in [1.29, 1.82) is 0 Å². The topological polar surface area (TPSA) is 55.1 Å². The van der Waals surface area contributed by atoms with Crippen molar-refractivity contribution in [2.75, 3.05) is 40.0 Å². The number of aliphatic hydroxyl groups is 1. The molecule has 0 aliphatic rings. The number of rotatable bonds is 10. The molecule has 1 heterocycles. The van der Waals surface area contributed by atoms with Gasteiger partial charge in [-0.25, -0.2) is 0 Å². The first-order valence-corrected chi connectivity index (χ1v) is 6.25. The van der Waals surface area contributed by atoms with Gasteiger partial charge in [-0.15, -0.1) is 0 Å². The van der Waals surface area contributed by atoms with E-state index < -0.39 is 6.10 Å². The van der Waals surface area contributed by atoms with E-state index in [9.17, 15) is 5.11 Å². The predicted octanol–water partition coefficient (Wildman–Crippen LogP) is 1.13. The summed E-state index contributed by atoms with van der Waals surface area (Å²) in [5, 5.41) is 9.84. The minimum Gasteiger partial charge on any atom is -0.468 e. The number of hydrogen-bond donors (Lipinski definition) is 1. The van der Waals surface area contributed by atoms with Gasteiger partial charge in [0, 0.05) is 13.7 Å². The van der Waals surface area contributed by atoms with Crippen LogP contribution in [0.4, 0.5) is 0 Å². The van der Waals surface area contributed by atoms with E-state index in [2.05, 4.69) is 11.8 Å². The molecule has 1 aromatic heterocycles. The minimum absolute atomic E-state index is 0.331. The highest BCUT2D eigenvalue weighted by molar-refractivity contribution is 4.97. The lowest BCUT2D eigenvalue weighted by Crippen LogP contribution is -2.34. The zero-order chi connectivity index (χ0) is 13.2. The molecule has 0 spiro atoms. The Kier molecular flexibility index (Phi) is 7.68. The van der Waals surface area contributed by atoms with Crippen LogP contribution in [0.1, 0.15) is 12.7 Å². The molecule has 1 atom stereocenters. The number of ether oxygens (including phenoxy) is 2. The third kappa shape index (κ3) is 6.16. The molecule has 1 N–H and O–H groups in total. The fourth-order valence-electron chi connectivity index (χ4n) is 1.64. The van der Waals surface area contributed by atoms with E-state index in [4.69, 9.17) is 13.9 Å². The van der Waals surface area contributed by atoms with Crippen LogP contribution in [0.5, 0.6) is 0 Å². The van der Waals surface area contributed by atoms with Gasteiger partial charge in [-0.2, -0.15) is 0 Å². The molecular weight excluding hydrogens is 234 g/mol. The number of aliphatic hydroxyl groups excluding tert-OH is 1. The summed E-state index contributed by atoms with van der Waals surface area (Å²) in [7, 11) is 1.63. The first-order chi connectivity index (χ1) is 8.76. The smallest absolute Gasteiger partial charge is 0.117 e. The van der Waals surface area contributed by atoms with Gasteiger partial charge in [-0.1, -0.05) is 6.92 Å². The Labute approximate surface area is 108 Å². The first-order valence-electron chi connectivity index (χ1n) is 6.25. The summed E-state index contributed by atoms with van der Waals surface area (Å²) in [6.45, 7) is 5.59. The number of hydrogen-bond acceptors (Lipinski definition) is 5. The van der Waals surface area contributed by atoms with E-state index in [1.54, 1.807) is 13.4 Å². The SMILES string of the molecule is CCN(Cc1ccco1)CC(O)COCCOC. The molecule has 18 heavy (non-hydrogen) atoms. The highest BCUT2D eigenvalue weighted by Crippen LogP contribution is 2.06. The maximum Gasteiger partial charge on any atom is 0.117 e. The van der Waals surface area contributed by atoms with E-state index in [1.165, 1.54) is 0 Å². The second-order valence-electron chi connectivity index (χ2n) is 4.13. The van der Waals surface area contributed by atoms with E-state index in [0.29, 0.717) is 32.9 Å². The van der Waals surface area contributed by atoms with Crippen molar-refractivity contribution in [2.24, 2.45) is 0 Å². The summed E-state index contributed by atoms with van der Waals surface area (Å²) in [4.78, 5) is 2.11. The summed E-state index contributed by atoms with van der Waals surface area (Å²) in [6, 6.07) is 3.80. The summed E-state index contributed by atoms with van der Waals surface area (Å²) in [5.74, 6) is 0.907. The zero-order valence-corrected chi connectivity index (χ0v) is 11.2. The van der Waals surface area contributed by atoms with Gasteiger partial charge in [0.05, 0.1) is 38.7 Å². The average Bonchev–Trinajstić information content (AvgIpc) is 2.86. The Balaban J connectivity index is 2.20. The van der Waals surface area contributed by atoms with Crippen LogP contribution in [0, 0.1) is 0 Å². The minimum atomic E-state index is -0.489. The quantitative estimate of drug-likeness (QED) is 0.637. The monoisotopic (exact) mass is 257 g/mol. The lowest BCUT2D eigenvalue weighted by Gasteiger charge is -2.22. The molecule has 104 valence electrons. The lowest BCUT2D eigenvalue weighted by atomic mass is 10.3. The largest absolute Gasteiger partial charge is 0.468 e. The van der Waals surface area contributed by atoms with Gasteiger partial charge in [0.25, 0.3) is 0 Å². The van der Waals surface area contributed by atoms with Crippen molar-refractivity contribution < 1.29 is 19.0 Å². The Morgan fingerprint density at radius 1 is 1.44 bits per heavy atom. The summed E-state index contributed by atoms with van der Waals surface area (Å²) in [6.07, 6.45) is 1.17. The predicted molar refractivity (Wildman–Crippen MR) is 68.4 cm³/mol. The molecule has 0 radical (unpaired) electrons. The molecule has 0 aliphatic carbocycles. The maximum absolute atomic E-state index is 9.84. The highest BCUT2D eigenvalue weighted by atomic mass is 16.5. The molecule has 1 aromatic rings. The van der Waals surface area contributed by atoms with Crippen LogP contribution in [0.15, 0.2) is 22.8 Å². The molecule has 0 saturated heterocycles. The fraction of sp³-hybridized carbons (Fsp3) is 0.692. The molecule has 0 fully saturated rings. The van der Waals surface area contributed by atoms with Crippen LogP contribution in [0.2, 0.25) is 0 Å². The summed E-state index contributed by atoms with van der Waals surface area (Å²) < 4.78 is 15.4. The molecule has 0 aliphatic heterocycles. The molecular formula is C13H23NO4. The van der Waals surface area contributed by atoms with Crippen LogP contribution < -0.4 is 0 Å². The molecule has 5 nitrogen and oxygen atoms in total. The van der Waals surface area contributed by atoms with Crippen LogP contribution in [-0.2, 0) is 16.0 Å². The Bertz CT molecular complexity index is 289. The molecule has 0 bridgehead atoms. The van der Waals surface area contributed by atoms with E-state index in [0.717, 1.165) is 12.3 Å². The number of nitrogens with zero attached hydrogens (tertiary/aromatic N) is 1. The van der Waals surface area contributed by atoms with Crippen molar-refractivity contribution in [1.82, 2.24) is 4.90 Å². The van der Waals surface area contributed by atoms with Crippen molar-refractivity contribution >= 4 is 0 Å². The average molecular weight is 257 g/mol. The molecule has 0 saturated carbocycles. The van der Waals surface area contributed by atoms with Gasteiger partial charge in [0.1, 0.15) is 5.76 Å². The van der Waals surface area contributed by atoms with Gasteiger partial charge in [0.15, 0.2) is 0 Å². The number of methoxy groups -OCH3 is 1. The Hall–Kier alpha value is -0.880. The van der Waals surface area contributed by atoms with E-state index in [-0.39, 0.29) is 0 Å². The third-order valence-electron chi connectivity index (χ3n) is 2.62. The second-order valence-corrected chi connectivity index (χ2v) is 4.13. The maximum atomic E-state index is 9.84. The summed E-state index contributed by atoms with van der Waals surface area (Å²) in [5.41, 5.74) is 0. The Morgan fingerprint density at radius 2 is 2.28 bits per heavy atom. The van der Waals surface area contributed by atoms with Crippen molar-refractivity contribution in [3.8, 4) is 0 Å². The second kappa shape index (κ2) is 9.10. The zero-order valence-electron chi connectivity index (χ0n) is 11.2. The summed E-state index contributed by atoms with van der Waals surface area (Å²) >= 11 is 0. The van der Waals surface area contributed by atoms with Crippen LogP contribution >= 0.6 is 0 Å².